The minimum Gasteiger partial charge on any atom is -0.493 e. The first kappa shape index (κ1) is 21.5. The minimum atomic E-state index is -0.667. The molecule has 164 valence electrons. The van der Waals surface area contributed by atoms with Gasteiger partial charge in [-0.2, -0.15) is 15.0 Å². The van der Waals surface area contributed by atoms with E-state index in [-0.39, 0.29) is 23.4 Å². The number of aromatic hydroxyl groups is 1. The predicted octanol–water partition coefficient (Wildman–Crippen LogP) is 2.74. The van der Waals surface area contributed by atoms with Crippen molar-refractivity contribution in [3.63, 3.8) is 0 Å². The third kappa shape index (κ3) is 3.81. The molecule has 0 radical (unpaired) electrons. The van der Waals surface area contributed by atoms with Crippen molar-refractivity contribution < 1.29 is 14.3 Å². The van der Waals surface area contributed by atoms with E-state index in [1.54, 1.807) is 25.1 Å². The largest absolute Gasteiger partial charge is 0.493 e. The lowest BCUT2D eigenvalue weighted by Crippen LogP contribution is -2.52. The van der Waals surface area contributed by atoms with E-state index in [0.29, 0.717) is 41.2 Å². The lowest BCUT2D eigenvalue weighted by atomic mass is 10.0. The van der Waals surface area contributed by atoms with Crippen LogP contribution < -0.4 is 0 Å². The SMILES string of the molecule is Cc1cc(C#N)c(F)cc1-c1cnn(-c2ccc(C(=O)N3CCN(C)C(C)C3)cn2)c1O. The smallest absolute Gasteiger partial charge is 0.255 e. The summed E-state index contributed by atoms with van der Waals surface area (Å²) in [5.74, 6) is -0.641. The number of carbonyl (C=O) groups excluding carboxylic acids is 1. The molecule has 8 nitrogen and oxygen atoms in total. The number of carbonyl (C=O) groups is 1. The quantitative estimate of drug-likeness (QED) is 0.681. The number of halogens is 1. The van der Waals surface area contributed by atoms with E-state index in [1.165, 1.54) is 29.2 Å². The second-order valence-corrected chi connectivity index (χ2v) is 8.04. The van der Waals surface area contributed by atoms with Gasteiger partial charge in [0.05, 0.1) is 22.9 Å². The molecule has 0 bridgehead atoms. The Morgan fingerprint density at radius 2 is 2.03 bits per heavy atom. The van der Waals surface area contributed by atoms with Crippen LogP contribution in [0, 0.1) is 24.1 Å². The second-order valence-electron chi connectivity index (χ2n) is 8.04. The summed E-state index contributed by atoms with van der Waals surface area (Å²) < 4.78 is 15.3. The Bertz CT molecular complexity index is 1210. The first-order valence-electron chi connectivity index (χ1n) is 10.2. The Labute approximate surface area is 185 Å². The number of nitriles is 1. The zero-order chi connectivity index (χ0) is 23.0. The summed E-state index contributed by atoms with van der Waals surface area (Å²) in [5.41, 5.74) is 1.78. The summed E-state index contributed by atoms with van der Waals surface area (Å²) in [5, 5.41) is 23.9. The van der Waals surface area contributed by atoms with Crippen LogP contribution in [-0.2, 0) is 0 Å². The number of rotatable bonds is 3. The van der Waals surface area contributed by atoms with Gasteiger partial charge in [-0.3, -0.25) is 4.79 Å². The van der Waals surface area contributed by atoms with Gasteiger partial charge in [-0.25, -0.2) is 9.37 Å². The predicted molar refractivity (Wildman–Crippen MR) is 116 cm³/mol. The number of amides is 1. The topological polar surface area (TPSA) is 98.3 Å². The number of nitrogens with zero attached hydrogens (tertiary/aromatic N) is 6. The average molecular weight is 434 g/mol. The average Bonchev–Trinajstić information content (AvgIpc) is 3.17. The van der Waals surface area contributed by atoms with Crippen LogP contribution in [0.15, 0.2) is 36.7 Å². The number of benzene rings is 1. The molecule has 1 aliphatic heterocycles. The van der Waals surface area contributed by atoms with Crippen LogP contribution in [0.3, 0.4) is 0 Å². The monoisotopic (exact) mass is 434 g/mol. The van der Waals surface area contributed by atoms with Gasteiger partial charge in [0.25, 0.3) is 5.91 Å². The molecule has 9 heteroatoms. The molecule has 32 heavy (non-hydrogen) atoms. The maximum atomic E-state index is 14.1. The summed E-state index contributed by atoms with van der Waals surface area (Å²) in [6.45, 7) is 5.94. The van der Waals surface area contributed by atoms with E-state index in [4.69, 9.17) is 5.26 Å². The van der Waals surface area contributed by atoms with Gasteiger partial charge in [-0.15, -0.1) is 0 Å². The fraction of sp³-hybridized carbons (Fsp3) is 0.304. The van der Waals surface area contributed by atoms with Crippen LogP contribution in [0.25, 0.3) is 16.9 Å². The van der Waals surface area contributed by atoms with Crippen LogP contribution >= 0.6 is 0 Å². The highest BCUT2D eigenvalue weighted by atomic mass is 19.1. The minimum absolute atomic E-state index is 0.0604. The van der Waals surface area contributed by atoms with E-state index in [0.717, 1.165) is 6.54 Å². The van der Waals surface area contributed by atoms with Crippen LogP contribution in [0.5, 0.6) is 5.88 Å². The first-order valence-corrected chi connectivity index (χ1v) is 10.2. The van der Waals surface area contributed by atoms with Crippen LogP contribution in [0.4, 0.5) is 4.39 Å². The fourth-order valence-corrected chi connectivity index (χ4v) is 3.81. The Morgan fingerprint density at radius 3 is 2.69 bits per heavy atom. The molecule has 1 unspecified atom stereocenters. The van der Waals surface area contributed by atoms with Crippen molar-refractivity contribution in [3.05, 3.63) is 59.2 Å². The van der Waals surface area contributed by atoms with Gasteiger partial charge in [0.2, 0.25) is 5.88 Å². The van der Waals surface area contributed by atoms with Gasteiger partial charge in [0, 0.05) is 31.9 Å². The Balaban J connectivity index is 1.59. The zero-order valence-corrected chi connectivity index (χ0v) is 18.1. The molecule has 3 aromatic rings. The zero-order valence-electron chi connectivity index (χ0n) is 18.1. The normalized spacial score (nSPS) is 16.7. The second kappa shape index (κ2) is 8.40. The molecule has 1 saturated heterocycles. The molecule has 1 N–H and O–H groups in total. The third-order valence-electron chi connectivity index (χ3n) is 5.93. The summed E-state index contributed by atoms with van der Waals surface area (Å²) >= 11 is 0. The van der Waals surface area contributed by atoms with Crippen molar-refractivity contribution in [1.29, 1.82) is 5.26 Å². The highest BCUT2D eigenvalue weighted by molar-refractivity contribution is 5.94. The van der Waals surface area contributed by atoms with Crippen molar-refractivity contribution >= 4 is 5.91 Å². The highest BCUT2D eigenvalue weighted by Crippen LogP contribution is 2.34. The molecular formula is C23H23FN6O2. The van der Waals surface area contributed by atoms with Crippen molar-refractivity contribution in [1.82, 2.24) is 24.6 Å². The Kier molecular flexibility index (Phi) is 5.63. The van der Waals surface area contributed by atoms with Gasteiger partial charge in [-0.05, 0) is 56.3 Å². The third-order valence-corrected chi connectivity index (χ3v) is 5.93. The van der Waals surface area contributed by atoms with E-state index < -0.39 is 5.82 Å². The van der Waals surface area contributed by atoms with Gasteiger partial charge in [0.15, 0.2) is 5.82 Å². The first-order chi connectivity index (χ1) is 15.3. The lowest BCUT2D eigenvalue weighted by molar-refractivity contribution is 0.0572. The van der Waals surface area contributed by atoms with Crippen LogP contribution in [0.2, 0.25) is 0 Å². The maximum absolute atomic E-state index is 14.1. The van der Waals surface area contributed by atoms with Gasteiger partial charge >= 0.3 is 0 Å². The molecule has 0 aliphatic carbocycles. The Hall–Kier alpha value is -3.77. The molecule has 4 rings (SSSR count). The van der Waals surface area contributed by atoms with Gasteiger partial charge in [0.1, 0.15) is 11.9 Å². The number of pyridine rings is 1. The van der Waals surface area contributed by atoms with E-state index >= 15 is 0 Å². The summed E-state index contributed by atoms with van der Waals surface area (Å²) in [7, 11) is 2.04. The van der Waals surface area contributed by atoms with Crippen molar-refractivity contribution in [2.75, 3.05) is 26.7 Å². The Morgan fingerprint density at radius 1 is 1.25 bits per heavy atom. The summed E-state index contributed by atoms with van der Waals surface area (Å²) in [6, 6.07) is 7.99. The molecule has 1 amide bonds. The van der Waals surface area contributed by atoms with Gasteiger partial charge < -0.3 is 14.9 Å². The number of piperazine rings is 1. The summed E-state index contributed by atoms with van der Waals surface area (Å²) in [4.78, 5) is 21.1. The van der Waals surface area contributed by atoms with E-state index in [1.807, 2.05) is 11.9 Å². The van der Waals surface area contributed by atoms with Crippen LogP contribution in [-0.4, -0.2) is 68.3 Å². The molecule has 3 heterocycles. The number of aromatic nitrogens is 3. The molecule has 2 aromatic heterocycles. The molecular weight excluding hydrogens is 411 g/mol. The number of likely N-dealkylation sites (N-methyl/N-ethyl adjacent to an activating group) is 1. The highest BCUT2D eigenvalue weighted by Gasteiger charge is 2.25. The summed E-state index contributed by atoms with van der Waals surface area (Å²) in [6.07, 6.45) is 2.88. The van der Waals surface area contributed by atoms with Crippen LogP contribution in [0.1, 0.15) is 28.4 Å². The molecule has 1 atom stereocenters. The van der Waals surface area contributed by atoms with Crippen molar-refractivity contribution in [3.8, 4) is 28.9 Å². The van der Waals surface area contributed by atoms with E-state index in [2.05, 4.69) is 21.9 Å². The van der Waals surface area contributed by atoms with Crippen molar-refractivity contribution in [2.45, 2.75) is 19.9 Å². The molecule has 1 fully saturated rings. The van der Waals surface area contributed by atoms with E-state index in [9.17, 15) is 14.3 Å². The standard InChI is InChI=1S/C23H23FN6O2/c1-14-8-17(10-25)20(24)9-18(14)19-12-27-30(23(19)32)21-5-4-16(11-26-21)22(31)29-7-6-28(3)15(2)13-29/h4-5,8-9,11-12,15,32H,6-7,13H2,1-3H3. The molecule has 1 aliphatic rings. The van der Waals surface area contributed by atoms with Gasteiger partial charge in [-0.1, -0.05) is 0 Å². The lowest BCUT2D eigenvalue weighted by Gasteiger charge is -2.37. The maximum Gasteiger partial charge on any atom is 0.255 e. The number of hydrogen-bond donors (Lipinski definition) is 1. The molecule has 0 saturated carbocycles. The van der Waals surface area contributed by atoms with Crippen molar-refractivity contribution in [2.24, 2.45) is 0 Å². The molecule has 1 aromatic carbocycles. The molecule has 0 spiro atoms. The number of aryl methyl sites for hydroxylation is 1. The number of hydrogen-bond acceptors (Lipinski definition) is 6. The fourth-order valence-electron chi connectivity index (χ4n) is 3.81.